The van der Waals surface area contributed by atoms with Crippen LogP contribution in [-0.2, 0) is 4.79 Å². The van der Waals surface area contributed by atoms with Gasteiger partial charge in [-0.1, -0.05) is 50.2 Å². The van der Waals surface area contributed by atoms with Gasteiger partial charge in [0.05, 0.1) is 0 Å². The molecule has 5 rings (SSSR count). The number of aryl methyl sites for hydroxylation is 2. The van der Waals surface area contributed by atoms with Crippen molar-refractivity contribution in [3.8, 4) is 11.1 Å². The van der Waals surface area contributed by atoms with E-state index in [1.807, 2.05) is 19.2 Å². The predicted octanol–water partition coefficient (Wildman–Crippen LogP) is 7.62. The van der Waals surface area contributed by atoms with Gasteiger partial charge in [0.2, 0.25) is 12.4 Å². The third kappa shape index (κ3) is 6.92. The van der Waals surface area contributed by atoms with Crippen molar-refractivity contribution >= 4 is 35.5 Å². The number of hydrogen-bond donors (Lipinski definition) is 2. The molecule has 0 radical (unpaired) electrons. The van der Waals surface area contributed by atoms with E-state index in [-0.39, 0.29) is 0 Å². The standard InChI is InChI=1S/C35H40N6O/c1-5-26(33-14-11-29(19-24(33)3)30-8-7-25(4)36-21-30)20-31-22-37-35(40-34(31)38-23-42)39-32-12-9-27(10-13-32)28-15-17-41(6-2)18-16-28/h7-14,19-23,28H,5-6,15-18H2,1-4H3,(H2,37,38,39,40,42)/b26-20+. The molecule has 1 aliphatic heterocycles. The fourth-order valence-corrected chi connectivity index (χ4v) is 5.68. The Morgan fingerprint density at radius 3 is 2.36 bits per heavy atom. The quantitative estimate of drug-likeness (QED) is 0.194. The van der Waals surface area contributed by atoms with Gasteiger partial charge in [-0.05, 0) is 111 Å². The fraction of sp³-hybridized carbons (Fsp3) is 0.314. The second kappa shape index (κ2) is 13.5. The summed E-state index contributed by atoms with van der Waals surface area (Å²) in [5.41, 5.74) is 9.75. The Bertz CT molecular complexity index is 1540. The van der Waals surface area contributed by atoms with Crippen LogP contribution in [0.15, 0.2) is 67.0 Å². The Morgan fingerprint density at radius 1 is 0.952 bits per heavy atom. The first-order valence-corrected chi connectivity index (χ1v) is 14.9. The van der Waals surface area contributed by atoms with E-state index in [1.54, 1.807) is 6.20 Å². The van der Waals surface area contributed by atoms with Crippen LogP contribution in [0.4, 0.5) is 17.5 Å². The van der Waals surface area contributed by atoms with E-state index in [0.717, 1.165) is 65.3 Å². The van der Waals surface area contributed by atoms with E-state index in [4.69, 9.17) is 0 Å². The minimum absolute atomic E-state index is 0.436. The molecule has 0 aliphatic carbocycles. The van der Waals surface area contributed by atoms with E-state index >= 15 is 0 Å². The number of nitrogens with one attached hydrogen (secondary N) is 2. The maximum atomic E-state index is 11.5. The maximum Gasteiger partial charge on any atom is 0.229 e. The van der Waals surface area contributed by atoms with E-state index in [0.29, 0.717) is 24.1 Å². The molecule has 0 atom stereocenters. The zero-order valence-corrected chi connectivity index (χ0v) is 25.0. The third-order valence-electron chi connectivity index (χ3n) is 8.21. The molecular formula is C35H40N6O. The molecule has 1 amide bonds. The molecule has 3 heterocycles. The van der Waals surface area contributed by atoms with Crippen molar-refractivity contribution in [2.45, 2.75) is 52.9 Å². The van der Waals surface area contributed by atoms with E-state index in [1.165, 1.54) is 24.0 Å². The number of carbonyl (C=O) groups is 1. The van der Waals surface area contributed by atoms with Gasteiger partial charge >= 0.3 is 0 Å². The minimum Gasteiger partial charge on any atom is -0.324 e. The number of benzene rings is 2. The lowest BCUT2D eigenvalue weighted by molar-refractivity contribution is -0.105. The van der Waals surface area contributed by atoms with Gasteiger partial charge in [-0.3, -0.25) is 9.78 Å². The summed E-state index contributed by atoms with van der Waals surface area (Å²) in [5.74, 6) is 1.51. The van der Waals surface area contributed by atoms with Crippen LogP contribution in [0, 0.1) is 13.8 Å². The lowest BCUT2D eigenvalue weighted by atomic mass is 9.89. The number of piperidine rings is 1. The first-order chi connectivity index (χ1) is 20.5. The lowest BCUT2D eigenvalue weighted by Crippen LogP contribution is -2.32. The molecule has 7 heteroatoms. The molecule has 2 N–H and O–H groups in total. The topological polar surface area (TPSA) is 83.0 Å². The number of hydrogen-bond acceptors (Lipinski definition) is 6. The molecule has 1 saturated heterocycles. The summed E-state index contributed by atoms with van der Waals surface area (Å²) in [6, 6.07) is 19.2. The van der Waals surface area contributed by atoms with Crippen molar-refractivity contribution in [1.29, 1.82) is 0 Å². The van der Waals surface area contributed by atoms with Gasteiger partial charge in [0.15, 0.2) is 0 Å². The highest BCUT2D eigenvalue weighted by atomic mass is 16.1. The molecule has 4 aromatic rings. The molecule has 2 aromatic carbocycles. The number of aromatic nitrogens is 3. The number of allylic oxidation sites excluding steroid dienone is 1. The number of pyridine rings is 1. The number of nitrogens with zero attached hydrogens (tertiary/aromatic N) is 4. The molecule has 0 spiro atoms. The first kappa shape index (κ1) is 29.1. The molecule has 7 nitrogen and oxygen atoms in total. The molecule has 0 saturated carbocycles. The van der Waals surface area contributed by atoms with Gasteiger partial charge in [-0.2, -0.15) is 4.98 Å². The van der Waals surface area contributed by atoms with Gasteiger partial charge in [-0.25, -0.2) is 4.98 Å². The predicted molar refractivity (Wildman–Crippen MR) is 173 cm³/mol. The van der Waals surface area contributed by atoms with Crippen molar-refractivity contribution in [3.63, 3.8) is 0 Å². The fourth-order valence-electron chi connectivity index (χ4n) is 5.68. The lowest BCUT2D eigenvalue weighted by Gasteiger charge is -2.31. The number of rotatable bonds is 10. The Morgan fingerprint density at radius 2 is 1.71 bits per heavy atom. The summed E-state index contributed by atoms with van der Waals surface area (Å²) in [6.45, 7) is 11.9. The molecule has 0 unspecified atom stereocenters. The van der Waals surface area contributed by atoms with Crippen molar-refractivity contribution in [1.82, 2.24) is 19.9 Å². The summed E-state index contributed by atoms with van der Waals surface area (Å²) < 4.78 is 0. The number of likely N-dealkylation sites (tertiary alicyclic amines) is 1. The molecule has 1 fully saturated rings. The molecule has 0 bridgehead atoms. The van der Waals surface area contributed by atoms with Crippen molar-refractivity contribution in [3.05, 3.63) is 94.9 Å². The van der Waals surface area contributed by atoms with Gasteiger partial charge in [0, 0.05) is 34.9 Å². The number of carbonyl (C=O) groups excluding carboxylic acids is 1. The Kier molecular flexibility index (Phi) is 9.39. The molecule has 2 aromatic heterocycles. The average molecular weight is 561 g/mol. The first-order valence-electron chi connectivity index (χ1n) is 14.9. The van der Waals surface area contributed by atoms with Crippen LogP contribution < -0.4 is 10.6 Å². The number of amides is 1. The summed E-state index contributed by atoms with van der Waals surface area (Å²) in [5, 5.41) is 6.06. The van der Waals surface area contributed by atoms with Crippen molar-refractivity contribution in [2.24, 2.45) is 0 Å². The zero-order valence-electron chi connectivity index (χ0n) is 25.0. The van der Waals surface area contributed by atoms with Crippen LogP contribution >= 0.6 is 0 Å². The Hall–Kier alpha value is -4.36. The molecule has 42 heavy (non-hydrogen) atoms. The van der Waals surface area contributed by atoms with Gasteiger partial charge < -0.3 is 15.5 Å². The molecular weight excluding hydrogens is 520 g/mol. The summed E-state index contributed by atoms with van der Waals surface area (Å²) >= 11 is 0. The van der Waals surface area contributed by atoms with Crippen LogP contribution in [0.5, 0.6) is 0 Å². The van der Waals surface area contributed by atoms with Crippen LogP contribution in [0.25, 0.3) is 22.8 Å². The summed E-state index contributed by atoms with van der Waals surface area (Å²) in [6.07, 6.45) is 9.61. The molecule has 1 aliphatic rings. The largest absolute Gasteiger partial charge is 0.324 e. The monoisotopic (exact) mass is 560 g/mol. The van der Waals surface area contributed by atoms with Gasteiger partial charge in [0.1, 0.15) is 5.82 Å². The van der Waals surface area contributed by atoms with Crippen LogP contribution in [-0.4, -0.2) is 45.9 Å². The maximum absolute atomic E-state index is 11.5. The summed E-state index contributed by atoms with van der Waals surface area (Å²) in [4.78, 5) is 27.6. The van der Waals surface area contributed by atoms with E-state index in [2.05, 4.69) is 106 Å². The Balaban J connectivity index is 1.33. The van der Waals surface area contributed by atoms with Crippen LogP contribution in [0.3, 0.4) is 0 Å². The minimum atomic E-state index is 0.436. The highest BCUT2D eigenvalue weighted by molar-refractivity contribution is 5.88. The van der Waals surface area contributed by atoms with Crippen LogP contribution in [0.1, 0.15) is 67.0 Å². The SMILES string of the molecule is CC/C(=C\c1cnc(Nc2ccc(C3CCN(CC)CC3)cc2)nc1NC=O)c1ccc(-c2ccc(C)nc2)cc1C. The normalized spacial score (nSPS) is 14.5. The van der Waals surface area contributed by atoms with E-state index < -0.39 is 0 Å². The van der Waals surface area contributed by atoms with E-state index in [9.17, 15) is 4.79 Å². The molecule has 216 valence electrons. The van der Waals surface area contributed by atoms with Crippen molar-refractivity contribution in [2.75, 3.05) is 30.3 Å². The second-order valence-corrected chi connectivity index (χ2v) is 11.0. The average Bonchev–Trinajstić information content (AvgIpc) is 3.02. The zero-order chi connectivity index (χ0) is 29.5. The van der Waals surface area contributed by atoms with Gasteiger partial charge in [-0.15, -0.1) is 0 Å². The third-order valence-corrected chi connectivity index (χ3v) is 8.21. The van der Waals surface area contributed by atoms with Crippen LogP contribution in [0.2, 0.25) is 0 Å². The second-order valence-electron chi connectivity index (χ2n) is 11.0. The highest BCUT2D eigenvalue weighted by Crippen LogP contribution is 2.31. The van der Waals surface area contributed by atoms with Gasteiger partial charge in [0.25, 0.3) is 0 Å². The highest BCUT2D eigenvalue weighted by Gasteiger charge is 2.19. The van der Waals surface area contributed by atoms with Crippen molar-refractivity contribution < 1.29 is 4.79 Å². The smallest absolute Gasteiger partial charge is 0.229 e. The Labute approximate surface area is 249 Å². The summed E-state index contributed by atoms with van der Waals surface area (Å²) in [7, 11) is 0. The number of anilines is 3.